The predicted molar refractivity (Wildman–Crippen MR) is 66.1 cm³/mol. The fourth-order valence-corrected chi connectivity index (χ4v) is 1.41. The van der Waals surface area contributed by atoms with Crippen LogP contribution in [0.15, 0.2) is 30.8 Å². The maximum Gasteiger partial charge on any atom is 0.119 e. The highest BCUT2D eigenvalue weighted by atomic mass is 16.5. The maximum atomic E-state index is 5.65. The van der Waals surface area contributed by atoms with Gasteiger partial charge in [-0.1, -0.05) is 38.6 Å². The van der Waals surface area contributed by atoms with Crippen molar-refractivity contribution in [2.24, 2.45) is 5.92 Å². The van der Waals surface area contributed by atoms with Gasteiger partial charge in [0.25, 0.3) is 0 Å². The quantitative estimate of drug-likeness (QED) is 0.633. The lowest BCUT2D eigenvalue weighted by molar-refractivity contribution is 0.297. The molecule has 0 unspecified atom stereocenters. The Morgan fingerprint density at radius 1 is 1.40 bits per heavy atom. The third-order valence-corrected chi connectivity index (χ3v) is 2.29. The Balaban J connectivity index is 2.34. The first kappa shape index (κ1) is 11.8. The van der Waals surface area contributed by atoms with E-state index in [1.54, 1.807) is 0 Å². The lowest BCUT2D eigenvalue weighted by Crippen LogP contribution is -1.99. The summed E-state index contributed by atoms with van der Waals surface area (Å²) in [5.74, 6) is 1.70. The molecule has 0 aliphatic carbocycles. The van der Waals surface area contributed by atoms with Crippen molar-refractivity contribution in [2.75, 3.05) is 6.61 Å². The minimum Gasteiger partial charge on any atom is -0.494 e. The second kappa shape index (κ2) is 6.28. The lowest BCUT2D eigenvalue weighted by atomic mass is 10.1. The molecule has 0 atom stereocenters. The second-order valence-corrected chi connectivity index (χ2v) is 4.16. The van der Waals surface area contributed by atoms with Gasteiger partial charge in [0.15, 0.2) is 0 Å². The van der Waals surface area contributed by atoms with Gasteiger partial charge in [0.2, 0.25) is 0 Å². The Morgan fingerprint density at radius 3 is 2.87 bits per heavy atom. The zero-order valence-corrected chi connectivity index (χ0v) is 9.70. The number of hydrogen-bond donors (Lipinski definition) is 0. The molecule has 0 spiro atoms. The standard InChI is InChI=1S/C14H20O/c1-4-13-8-5-9-14(11-13)15-10-6-7-12(2)3/h4-5,8-9,11-12H,1,6-7,10H2,2-3H3. The average Bonchev–Trinajstić information content (AvgIpc) is 2.24. The fraction of sp³-hybridized carbons (Fsp3) is 0.429. The largest absolute Gasteiger partial charge is 0.494 e. The molecule has 1 heteroatoms. The van der Waals surface area contributed by atoms with Gasteiger partial charge in [-0.15, -0.1) is 0 Å². The highest BCUT2D eigenvalue weighted by Crippen LogP contribution is 2.14. The molecule has 0 amide bonds. The van der Waals surface area contributed by atoms with Gasteiger partial charge in [0.05, 0.1) is 6.61 Å². The van der Waals surface area contributed by atoms with Gasteiger partial charge in [-0.2, -0.15) is 0 Å². The van der Waals surface area contributed by atoms with E-state index in [9.17, 15) is 0 Å². The molecule has 0 bridgehead atoms. The molecular formula is C14H20O. The maximum absolute atomic E-state index is 5.65. The van der Waals surface area contributed by atoms with Crippen LogP contribution in [-0.4, -0.2) is 6.61 Å². The minimum absolute atomic E-state index is 0.758. The number of benzene rings is 1. The summed E-state index contributed by atoms with van der Waals surface area (Å²) in [6, 6.07) is 8.02. The van der Waals surface area contributed by atoms with Crippen molar-refractivity contribution in [3.8, 4) is 5.75 Å². The number of rotatable bonds is 6. The minimum atomic E-state index is 0.758. The van der Waals surface area contributed by atoms with Crippen molar-refractivity contribution >= 4 is 6.08 Å². The van der Waals surface area contributed by atoms with E-state index in [1.807, 2.05) is 30.3 Å². The smallest absolute Gasteiger partial charge is 0.119 e. The molecule has 15 heavy (non-hydrogen) atoms. The summed E-state index contributed by atoms with van der Waals surface area (Å²) in [4.78, 5) is 0. The zero-order valence-electron chi connectivity index (χ0n) is 9.70. The summed E-state index contributed by atoms with van der Waals surface area (Å²) in [6.07, 6.45) is 4.18. The van der Waals surface area contributed by atoms with Crippen LogP contribution in [0, 0.1) is 5.92 Å². The van der Waals surface area contributed by atoms with Gasteiger partial charge < -0.3 is 4.74 Å². The third kappa shape index (κ3) is 4.68. The number of ether oxygens (including phenoxy) is 1. The molecule has 1 aromatic carbocycles. The van der Waals surface area contributed by atoms with E-state index in [0.717, 1.165) is 30.3 Å². The molecule has 0 saturated heterocycles. The predicted octanol–water partition coefficient (Wildman–Crippen LogP) is 4.14. The molecular weight excluding hydrogens is 184 g/mol. The lowest BCUT2D eigenvalue weighted by Gasteiger charge is -2.08. The summed E-state index contributed by atoms with van der Waals surface area (Å²) in [6.45, 7) is 9.01. The average molecular weight is 204 g/mol. The van der Waals surface area contributed by atoms with Crippen molar-refractivity contribution in [2.45, 2.75) is 26.7 Å². The molecule has 0 radical (unpaired) electrons. The molecule has 82 valence electrons. The first-order valence-corrected chi connectivity index (χ1v) is 5.57. The van der Waals surface area contributed by atoms with Crippen LogP contribution >= 0.6 is 0 Å². The first-order chi connectivity index (χ1) is 7.22. The summed E-state index contributed by atoms with van der Waals surface area (Å²) < 4.78 is 5.65. The zero-order chi connectivity index (χ0) is 11.1. The van der Waals surface area contributed by atoms with Crippen molar-refractivity contribution in [1.82, 2.24) is 0 Å². The molecule has 1 nitrogen and oxygen atoms in total. The normalized spacial score (nSPS) is 10.3. The Labute approximate surface area is 92.8 Å². The highest BCUT2D eigenvalue weighted by molar-refractivity contribution is 5.49. The van der Waals surface area contributed by atoms with Crippen LogP contribution in [-0.2, 0) is 0 Å². The fourth-order valence-electron chi connectivity index (χ4n) is 1.41. The van der Waals surface area contributed by atoms with E-state index in [2.05, 4.69) is 20.4 Å². The summed E-state index contributed by atoms with van der Waals surface area (Å²) in [5.41, 5.74) is 1.11. The monoisotopic (exact) mass is 204 g/mol. The third-order valence-electron chi connectivity index (χ3n) is 2.29. The van der Waals surface area contributed by atoms with Gasteiger partial charge in [-0.3, -0.25) is 0 Å². The molecule has 0 aromatic heterocycles. The first-order valence-electron chi connectivity index (χ1n) is 5.57. The van der Waals surface area contributed by atoms with E-state index in [0.29, 0.717) is 0 Å². The molecule has 1 aromatic rings. The Hall–Kier alpha value is -1.24. The summed E-state index contributed by atoms with van der Waals surface area (Å²) in [5, 5.41) is 0. The van der Waals surface area contributed by atoms with Crippen LogP contribution in [0.1, 0.15) is 32.3 Å². The molecule has 0 aliphatic rings. The van der Waals surface area contributed by atoms with Gasteiger partial charge >= 0.3 is 0 Å². The van der Waals surface area contributed by atoms with Crippen LogP contribution in [0.4, 0.5) is 0 Å². The Morgan fingerprint density at radius 2 is 2.20 bits per heavy atom. The van der Waals surface area contributed by atoms with E-state index < -0.39 is 0 Å². The molecule has 0 saturated carbocycles. The van der Waals surface area contributed by atoms with E-state index in [1.165, 1.54) is 6.42 Å². The highest BCUT2D eigenvalue weighted by Gasteiger charge is 1.96. The SMILES string of the molecule is C=Cc1cccc(OCCCC(C)C)c1. The van der Waals surface area contributed by atoms with Crippen molar-refractivity contribution in [3.63, 3.8) is 0 Å². The topological polar surface area (TPSA) is 9.23 Å². The van der Waals surface area contributed by atoms with E-state index >= 15 is 0 Å². The van der Waals surface area contributed by atoms with Gasteiger partial charge in [-0.05, 0) is 36.5 Å². The van der Waals surface area contributed by atoms with Crippen LogP contribution < -0.4 is 4.74 Å². The van der Waals surface area contributed by atoms with Crippen LogP contribution in [0.25, 0.3) is 6.08 Å². The second-order valence-electron chi connectivity index (χ2n) is 4.16. The van der Waals surface area contributed by atoms with Gasteiger partial charge in [0.1, 0.15) is 5.75 Å². The van der Waals surface area contributed by atoms with Crippen molar-refractivity contribution in [1.29, 1.82) is 0 Å². The summed E-state index contributed by atoms with van der Waals surface area (Å²) in [7, 11) is 0. The Kier molecular flexibility index (Phi) is 4.96. The molecule has 0 fully saturated rings. The molecule has 1 rings (SSSR count). The van der Waals surface area contributed by atoms with Crippen molar-refractivity contribution in [3.05, 3.63) is 36.4 Å². The van der Waals surface area contributed by atoms with Crippen LogP contribution in [0.3, 0.4) is 0 Å². The number of hydrogen-bond acceptors (Lipinski definition) is 1. The molecule has 0 N–H and O–H groups in total. The van der Waals surface area contributed by atoms with Gasteiger partial charge in [-0.25, -0.2) is 0 Å². The van der Waals surface area contributed by atoms with Crippen LogP contribution in [0.5, 0.6) is 5.75 Å². The Bertz CT molecular complexity index is 302. The van der Waals surface area contributed by atoms with E-state index in [-0.39, 0.29) is 0 Å². The summed E-state index contributed by atoms with van der Waals surface area (Å²) >= 11 is 0. The van der Waals surface area contributed by atoms with Gasteiger partial charge in [0, 0.05) is 0 Å². The molecule has 0 aliphatic heterocycles. The van der Waals surface area contributed by atoms with Crippen molar-refractivity contribution < 1.29 is 4.74 Å². The van der Waals surface area contributed by atoms with Crippen LogP contribution in [0.2, 0.25) is 0 Å². The molecule has 0 heterocycles. The van der Waals surface area contributed by atoms with E-state index in [4.69, 9.17) is 4.74 Å².